The van der Waals surface area contributed by atoms with Gasteiger partial charge in [-0.3, -0.25) is 9.69 Å². The lowest BCUT2D eigenvalue weighted by Gasteiger charge is -2.21. The third-order valence-electron chi connectivity index (χ3n) is 4.77. The second kappa shape index (κ2) is 8.39. The fourth-order valence-corrected chi connectivity index (χ4v) is 3.45. The zero-order chi connectivity index (χ0) is 21.1. The highest BCUT2D eigenvalue weighted by molar-refractivity contribution is 6.30. The predicted octanol–water partition coefficient (Wildman–Crippen LogP) is 5.60. The Morgan fingerprint density at radius 2 is 1.70 bits per heavy atom. The van der Waals surface area contributed by atoms with Crippen LogP contribution in [0.3, 0.4) is 0 Å². The number of amides is 1. The summed E-state index contributed by atoms with van der Waals surface area (Å²) >= 11 is 5.97. The number of benzene rings is 3. The second-order valence-corrected chi connectivity index (χ2v) is 7.17. The molecule has 3 aromatic rings. The number of hydrogen-bond donors (Lipinski definition) is 0. The van der Waals surface area contributed by atoms with Gasteiger partial charge in [-0.1, -0.05) is 60.1 Å². The molecule has 1 aliphatic heterocycles. The van der Waals surface area contributed by atoms with Gasteiger partial charge >= 0.3 is 5.97 Å². The highest BCUT2D eigenvalue weighted by Gasteiger charge is 2.30. The van der Waals surface area contributed by atoms with Crippen LogP contribution in [0.5, 0.6) is 0 Å². The lowest BCUT2D eigenvalue weighted by Crippen LogP contribution is -2.25. The van der Waals surface area contributed by atoms with Gasteiger partial charge in [0.15, 0.2) is 0 Å². The van der Waals surface area contributed by atoms with Crippen molar-refractivity contribution in [2.75, 3.05) is 12.0 Å². The molecule has 0 atom stereocenters. The molecule has 1 amide bonds. The number of methoxy groups -OCH3 is 1. The molecule has 0 saturated carbocycles. The number of hydrogen-bond acceptors (Lipinski definition) is 3. The first-order valence-corrected chi connectivity index (χ1v) is 9.72. The van der Waals surface area contributed by atoms with Crippen LogP contribution in [0.2, 0.25) is 5.02 Å². The van der Waals surface area contributed by atoms with E-state index in [1.165, 1.54) is 7.11 Å². The highest BCUT2D eigenvalue weighted by atomic mass is 35.5. The second-order valence-electron chi connectivity index (χ2n) is 6.73. The fourth-order valence-electron chi connectivity index (χ4n) is 3.32. The molecule has 4 nitrogen and oxygen atoms in total. The maximum Gasteiger partial charge on any atom is 0.337 e. The Hall–Kier alpha value is -3.63. The highest BCUT2D eigenvalue weighted by Crippen LogP contribution is 2.35. The van der Waals surface area contributed by atoms with E-state index in [1.54, 1.807) is 41.3 Å². The number of halogens is 1. The molecule has 0 bridgehead atoms. The first-order chi connectivity index (χ1) is 14.6. The monoisotopic (exact) mass is 415 g/mol. The average Bonchev–Trinajstić information content (AvgIpc) is 3.11. The minimum atomic E-state index is -0.453. The third-order valence-corrected chi connectivity index (χ3v) is 5.02. The molecule has 0 aliphatic carbocycles. The summed E-state index contributed by atoms with van der Waals surface area (Å²) < 4.78 is 4.82. The van der Waals surface area contributed by atoms with E-state index in [0.717, 1.165) is 16.8 Å². The molecule has 0 spiro atoms. The molecule has 0 saturated heterocycles. The van der Waals surface area contributed by atoms with Gasteiger partial charge in [-0.2, -0.15) is 0 Å². The molecule has 4 rings (SSSR count). The van der Waals surface area contributed by atoms with Gasteiger partial charge in [0.2, 0.25) is 0 Å². The molecule has 0 aromatic heterocycles. The number of carbonyl (C=O) groups is 2. The molecular weight excluding hydrogens is 398 g/mol. The van der Waals surface area contributed by atoms with E-state index < -0.39 is 5.97 Å². The Balaban J connectivity index is 1.81. The van der Waals surface area contributed by atoms with Crippen LogP contribution in [0.4, 0.5) is 5.69 Å². The minimum Gasteiger partial charge on any atom is -0.465 e. The maximum atomic E-state index is 13.4. The van der Waals surface area contributed by atoms with Crippen LogP contribution in [0.15, 0.2) is 90.5 Å². The summed E-state index contributed by atoms with van der Waals surface area (Å²) in [5.74, 6) is -0.628. The Labute approximate surface area is 179 Å². The third kappa shape index (κ3) is 3.91. The summed E-state index contributed by atoms with van der Waals surface area (Å²) in [5, 5.41) is 0.636. The number of anilines is 1. The smallest absolute Gasteiger partial charge is 0.337 e. The first kappa shape index (κ1) is 19.7. The number of carbonyl (C=O) groups excluding carboxylic acids is 2. The van der Waals surface area contributed by atoms with E-state index in [-0.39, 0.29) is 5.91 Å². The quantitative estimate of drug-likeness (QED) is 0.411. The Morgan fingerprint density at radius 3 is 2.40 bits per heavy atom. The molecule has 30 heavy (non-hydrogen) atoms. The van der Waals surface area contributed by atoms with E-state index in [2.05, 4.69) is 0 Å². The van der Waals surface area contributed by atoms with Gasteiger partial charge in [0.25, 0.3) is 5.91 Å². The van der Waals surface area contributed by atoms with Gasteiger partial charge in [0.1, 0.15) is 0 Å². The Morgan fingerprint density at radius 1 is 0.967 bits per heavy atom. The standard InChI is InChI=1S/C25H18ClNO3/c1-30-25(29)19-8-5-9-22(15-19)27-23(18-6-3-2-4-7-18)16-20(24(27)28)14-17-10-12-21(26)13-11-17/h2-16H,1H3. The van der Waals surface area contributed by atoms with Crippen LogP contribution in [0, 0.1) is 0 Å². The molecular formula is C25H18ClNO3. The Kier molecular flexibility index (Phi) is 5.50. The van der Waals surface area contributed by atoms with Crippen molar-refractivity contribution in [2.24, 2.45) is 0 Å². The van der Waals surface area contributed by atoms with Crippen molar-refractivity contribution in [2.45, 2.75) is 0 Å². The SMILES string of the molecule is COC(=O)c1cccc(N2C(=O)C(=Cc3ccc(Cl)cc3)C=C2c2ccccc2)c1. The fraction of sp³-hybridized carbons (Fsp3) is 0.0400. The van der Waals surface area contributed by atoms with E-state index in [9.17, 15) is 9.59 Å². The van der Waals surface area contributed by atoms with Crippen molar-refractivity contribution in [3.63, 3.8) is 0 Å². The molecule has 0 fully saturated rings. The summed E-state index contributed by atoms with van der Waals surface area (Å²) in [6.45, 7) is 0. The number of rotatable bonds is 4. The lowest BCUT2D eigenvalue weighted by atomic mass is 10.1. The van der Waals surface area contributed by atoms with Gasteiger partial charge in [0.05, 0.1) is 24.1 Å². The number of ether oxygens (including phenoxy) is 1. The summed E-state index contributed by atoms with van der Waals surface area (Å²) in [7, 11) is 1.33. The van der Waals surface area contributed by atoms with Gasteiger partial charge < -0.3 is 4.74 Å². The van der Waals surface area contributed by atoms with E-state index in [0.29, 0.717) is 21.8 Å². The van der Waals surface area contributed by atoms with Crippen LogP contribution in [-0.2, 0) is 9.53 Å². The average molecular weight is 416 g/mol. The molecule has 5 heteroatoms. The molecule has 1 aliphatic rings. The zero-order valence-electron chi connectivity index (χ0n) is 16.2. The molecule has 3 aromatic carbocycles. The zero-order valence-corrected chi connectivity index (χ0v) is 17.0. The number of nitrogens with zero attached hydrogens (tertiary/aromatic N) is 1. The van der Waals surface area contributed by atoms with Crippen molar-refractivity contribution in [3.05, 3.63) is 112 Å². The summed E-state index contributed by atoms with van der Waals surface area (Å²) in [4.78, 5) is 27.0. The summed E-state index contributed by atoms with van der Waals surface area (Å²) in [6.07, 6.45) is 3.68. The summed E-state index contributed by atoms with van der Waals surface area (Å²) in [6, 6.07) is 23.8. The van der Waals surface area contributed by atoms with E-state index >= 15 is 0 Å². The maximum absolute atomic E-state index is 13.4. The van der Waals surface area contributed by atoms with Gasteiger partial charge in [-0.05, 0) is 53.6 Å². The molecule has 1 heterocycles. The number of esters is 1. The molecule has 148 valence electrons. The van der Waals surface area contributed by atoms with Gasteiger partial charge in [0, 0.05) is 10.6 Å². The summed E-state index contributed by atoms with van der Waals surface area (Å²) in [5.41, 5.74) is 4.02. The first-order valence-electron chi connectivity index (χ1n) is 9.34. The van der Waals surface area contributed by atoms with Gasteiger partial charge in [-0.25, -0.2) is 4.79 Å². The van der Waals surface area contributed by atoms with E-state index in [4.69, 9.17) is 16.3 Å². The normalized spacial score (nSPS) is 14.7. The van der Waals surface area contributed by atoms with Crippen molar-refractivity contribution >= 4 is 40.9 Å². The van der Waals surface area contributed by atoms with Crippen molar-refractivity contribution < 1.29 is 14.3 Å². The molecule has 0 unspecified atom stereocenters. The largest absolute Gasteiger partial charge is 0.465 e. The molecule has 0 radical (unpaired) electrons. The van der Waals surface area contributed by atoms with Crippen molar-refractivity contribution in [1.82, 2.24) is 0 Å². The van der Waals surface area contributed by atoms with Crippen LogP contribution in [-0.4, -0.2) is 19.0 Å². The lowest BCUT2D eigenvalue weighted by molar-refractivity contribution is -0.113. The topological polar surface area (TPSA) is 46.6 Å². The molecule has 0 N–H and O–H groups in total. The predicted molar refractivity (Wildman–Crippen MR) is 119 cm³/mol. The Bertz CT molecular complexity index is 1160. The van der Waals surface area contributed by atoms with Crippen LogP contribution >= 0.6 is 11.6 Å². The van der Waals surface area contributed by atoms with Crippen molar-refractivity contribution in [3.8, 4) is 0 Å². The van der Waals surface area contributed by atoms with Crippen LogP contribution < -0.4 is 4.90 Å². The minimum absolute atomic E-state index is 0.175. The van der Waals surface area contributed by atoms with Crippen LogP contribution in [0.25, 0.3) is 11.8 Å². The van der Waals surface area contributed by atoms with Crippen molar-refractivity contribution in [1.29, 1.82) is 0 Å². The van der Waals surface area contributed by atoms with E-state index in [1.807, 2.05) is 54.6 Å². The van der Waals surface area contributed by atoms with Gasteiger partial charge in [-0.15, -0.1) is 0 Å². The van der Waals surface area contributed by atoms with Crippen LogP contribution in [0.1, 0.15) is 21.5 Å².